The predicted molar refractivity (Wildman–Crippen MR) is 110 cm³/mol. The molecule has 0 radical (unpaired) electrons. The van der Waals surface area contributed by atoms with E-state index in [1.165, 1.54) is 32.2 Å². The van der Waals surface area contributed by atoms with Crippen molar-refractivity contribution in [2.24, 2.45) is 10.2 Å². The standard InChI is InChI=1S/C20H22F3N5O2/c1-11(2)25-10-12-8-16(13(9-14(12)24)19(3,4)28-30)27-18(29)15-6-5-7-17(26-15)20(21,22)23/h5-11H,24H2,1-4H3,(H,27,29). The number of nitrogens with two attached hydrogens (primary N) is 1. The maximum absolute atomic E-state index is 12.9. The summed E-state index contributed by atoms with van der Waals surface area (Å²) in [6.45, 7) is 6.77. The second-order valence-corrected chi connectivity index (χ2v) is 7.41. The summed E-state index contributed by atoms with van der Waals surface area (Å²) in [4.78, 5) is 31.6. The van der Waals surface area contributed by atoms with Gasteiger partial charge in [-0.25, -0.2) is 4.98 Å². The Morgan fingerprint density at radius 3 is 2.47 bits per heavy atom. The number of amides is 1. The number of alkyl halides is 3. The first kappa shape index (κ1) is 23.0. The van der Waals surface area contributed by atoms with Gasteiger partial charge in [0.2, 0.25) is 0 Å². The Balaban J connectivity index is 2.52. The van der Waals surface area contributed by atoms with Crippen LogP contribution < -0.4 is 11.1 Å². The Morgan fingerprint density at radius 2 is 1.90 bits per heavy atom. The maximum atomic E-state index is 12.9. The SMILES string of the molecule is CC(C)N=Cc1cc(NC(=O)c2cccc(C(F)(F)F)n2)c(C(C)(C)N=O)cc1N. The third-order valence-electron chi connectivity index (χ3n) is 4.14. The van der Waals surface area contributed by atoms with E-state index in [2.05, 4.69) is 20.5 Å². The lowest BCUT2D eigenvalue weighted by atomic mass is 9.91. The van der Waals surface area contributed by atoms with Crippen LogP contribution in [0.2, 0.25) is 0 Å². The molecule has 30 heavy (non-hydrogen) atoms. The average molecular weight is 421 g/mol. The molecular weight excluding hydrogens is 399 g/mol. The van der Waals surface area contributed by atoms with Gasteiger partial charge in [0, 0.05) is 34.8 Å². The number of rotatable bonds is 6. The number of nitrogen functional groups attached to an aromatic ring is 1. The number of nitroso groups, excluding NO2 is 1. The van der Waals surface area contributed by atoms with Crippen LogP contribution in [0, 0.1) is 4.91 Å². The smallest absolute Gasteiger partial charge is 0.398 e. The zero-order chi connectivity index (χ0) is 22.7. The summed E-state index contributed by atoms with van der Waals surface area (Å²) in [7, 11) is 0. The van der Waals surface area contributed by atoms with Crippen LogP contribution in [0.15, 0.2) is 40.5 Å². The van der Waals surface area contributed by atoms with Gasteiger partial charge in [-0.2, -0.15) is 13.2 Å². The molecule has 10 heteroatoms. The molecule has 3 N–H and O–H groups in total. The van der Waals surface area contributed by atoms with Gasteiger partial charge in [0.15, 0.2) is 0 Å². The fraction of sp³-hybridized carbons (Fsp3) is 0.350. The van der Waals surface area contributed by atoms with Crippen LogP contribution in [-0.2, 0) is 11.7 Å². The van der Waals surface area contributed by atoms with E-state index < -0.39 is 29.0 Å². The Kier molecular flexibility index (Phi) is 6.59. The molecule has 1 aromatic heterocycles. The molecular formula is C20H22F3N5O2. The van der Waals surface area contributed by atoms with Crippen molar-refractivity contribution in [3.8, 4) is 0 Å². The normalized spacial score (nSPS) is 12.4. The molecule has 0 spiro atoms. The molecule has 2 aromatic rings. The molecule has 0 aliphatic heterocycles. The van der Waals surface area contributed by atoms with Crippen molar-refractivity contribution in [1.29, 1.82) is 0 Å². The Labute approximate surface area is 171 Å². The van der Waals surface area contributed by atoms with Crippen LogP contribution in [0.5, 0.6) is 0 Å². The Hall–Kier alpha value is -3.30. The van der Waals surface area contributed by atoms with Crippen LogP contribution >= 0.6 is 0 Å². The van der Waals surface area contributed by atoms with Crippen molar-refractivity contribution >= 4 is 23.5 Å². The fourth-order valence-corrected chi connectivity index (χ4v) is 2.54. The molecule has 0 saturated heterocycles. The summed E-state index contributed by atoms with van der Waals surface area (Å²) in [5.74, 6) is -0.874. The molecule has 1 aromatic carbocycles. The van der Waals surface area contributed by atoms with Gasteiger partial charge in [0.25, 0.3) is 5.91 Å². The number of aromatic nitrogens is 1. The highest BCUT2D eigenvalue weighted by Crippen LogP contribution is 2.35. The number of carbonyl (C=O) groups excluding carboxylic acids is 1. The number of hydrogen-bond acceptors (Lipinski definition) is 6. The van der Waals surface area contributed by atoms with Crippen molar-refractivity contribution in [1.82, 2.24) is 4.98 Å². The maximum Gasteiger partial charge on any atom is 0.433 e. The van der Waals surface area contributed by atoms with Crippen molar-refractivity contribution in [3.63, 3.8) is 0 Å². The quantitative estimate of drug-likeness (QED) is 0.398. The Morgan fingerprint density at radius 1 is 1.23 bits per heavy atom. The van der Waals surface area contributed by atoms with E-state index >= 15 is 0 Å². The van der Waals surface area contributed by atoms with Crippen molar-refractivity contribution in [2.75, 3.05) is 11.1 Å². The number of pyridine rings is 1. The number of benzene rings is 1. The van der Waals surface area contributed by atoms with Gasteiger partial charge in [-0.15, -0.1) is 4.91 Å². The molecule has 0 fully saturated rings. The molecule has 160 valence electrons. The first-order valence-corrected chi connectivity index (χ1v) is 9.02. The molecule has 2 rings (SSSR count). The monoisotopic (exact) mass is 421 g/mol. The lowest BCUT2D eigenvalue weighted by Crippen LogP contribution is -2.22. The highest BCUT2D eigenvalue weighted by molar-refractivity contribution is 6.04. The van der Waals surface area contributed by atoms with E-state index in [-0.39, 0.29) is 11.7 Å². The van der Waals surface area contributed by atoms with Gasteiger partial charge in [0.05, 0.1) is 0 Å². The van der Waals surface area contributed by atoms with Gasteiger partial charge in [-0.3, -0.25) is 9.79 Å². The third-order valence-corrected chi connectivity index (χ3v) is 4.14. The van der Waals surface area contributed by atoms with Crippen LogP contribution in [0.3, 0.4) is 0 Å². The number of hydrogen-bond donors (Lipinski definition) is 2. The molecule has 0 saturated carbocycles. The number of carbonyl (C=O) groups is 1. The molecule has 0 aliphatic rings. The lowest BCUT2D eigenvalue weighted by molar-refractivity contribution is -0.141. The minimum Gasteiger partial charge on any atom is -0.398 e. The summed E-state index contributed by atoms with van der Waals surface area (Å²) >= 11 is 0. The van der Waals surface area contributed by atoms with Crippen molar-refractivity contribution in [3.05, 3.63) is 57.8 Å². The topological polar surface area (TPSA) is 110 Å². The van der Waals surface area contributed by atoms with E-state index in [0.29, 0.717) is 16.8 Å². The summed E-state index contributed by atoms with van der Waals surface area (Å²) < 4.78 is 38.7. The largest absolute Gasteiger partial charge is 0.433 e. The van der Waals surface area contributed by atoms with Gasteiger partial charge < -0.3 is 11.1 Å². The minimum absolute atomic E-state index is 0.00971. The molecule has 0 aliphatic carbocycles. The first-order chi connectivity index (χ1) is 13.8. The zero-order valence-corrected chi connectivity index (χ0v) is 16.9. The predicted octanol–water partition coefficient (Wildman–Crippen LogP) is 4.76. The van der Waals surface area contributed by atoms with E-state index in [1.807, 2.05) is 13.8 Å². The lowest BCUT2D eigenvalue weighted by Gasteiger charge is -2.22. The molecule has 0 atom stereocenters. The van der Waals surface area contributed by atoms with E-state index in [0.717, 1.165) is 18.2 Å². The van der Waals surface area contributed by atoms with E-state index in [1.54, 1.807) is 0 Å². The highest BCUT2D eigenvalue weighted by atomic mass is 19.4. The van der Waals surface area contributed by atoms with Crippen LogP contribution in [0.1, 0.15) is 55.0 Å². The van der Waals surface area contributed by atoms with Crippen molar-refractivity contribution in [2.45, 2.75) is 45.5 Å². The number of aliphatic imine (C=N–C) groups is 1. The molecule has 0 bridgehead atoms. The van der Waals surface area contributed by atoms with Crippen LogP contribution in [0.25, 0.3) is 0 Å². The van der Waals surface area contributed by atoms with Gasteiger partial charge in [0.1, 0.15) is 16.9 Å². The van der Waals surface area contributed by atoms with E-state index in [4.69, 9.17) is 5.73 Å². The Bertz CT molecular complexity index is 985. The minimum atomic E-state index is -4.69. The van der Waals surface area contributed by atoms with Gasteiger partial charge >= 0.3 is 6.18 Å². The van der Waals surface area contributed by atoms with Crippen LogP contribution in [0.4, 0.5) is 24.5 Å². The highest BCUT2D eigenvalue weighted by Gasteiger charge is 2.33. The summed E-state index contributed by atoms with van der Waals surface area (Å²) in [6.07, 6.45) is -3.17. The number of halogens is 3. The summed E-state index contributed by atoms with van der Waals surface area (Å²) in [5, 5.41) is 5.58. The molecule has 1 amide bonds. The van der Waals surface area contributed by atoms with Gasteiger partial charge in [-0.05, 0) is 52.0 Å². The number of anilines is 2. The van der Waals surface area contributed by atoms with Gasteiger partial charge in [-0.1, -0.05) is 11.2 Å². The summed E-state index contributed by atoms with van der Waals surface area (Å²) in [5.41, 5.74) is 4.43. The van der Waals surface area contributed by atoms with E-state index in [9.17, 15) is 22.9 Å². The average Bonchev–Trinajstić information content (AvgIpc) is 2.67. The summed E-state index contributed by atoms with van der Waals surface area (Å²) in [6, 6.07) is 5.99. The first-order valence-electron chi connectivity index (χ1n) is 9.02. The second kappa shape index (κ2) is 8.60. The third kappa shape index (κ3) is 5.40. The number of nitrogens with zero attached hydrogens (tertiary/aromatic N) is 3. The second-order valence-electron chi connectivity index (χ2n) is 7.41. The molecule has 0 unspecified atom stereocenters. The number of nitrogens with one attached hydrogen (secondary N) is 1. The molecule has 1 heterocycles. The van der Waals surface area contributed by atoms with Crippen LogP contribution in [-0.4, -0.2) is 23.1 Å². The molecule has 7 nitrogen and oxygen atoms in total. The zero-order valence-electron chi connectivity index (χ0n) is 16.9. The van der Waals surface area contributed by atoms with Crippen molar-refractivity contribution < 1.29 is 18.0 Å². The fourth-order valence-electron chi connectivity index (χ4n) is 2.54.